The molecule has 1 aromatic carbocycles. The van der Waals surface area contributed by atoms with Crippen molar-refractivity contribution in [2.75, 3.05) is 6.61 Å². The molecule has 0 radical (unpaired) electrons. The van der Waals surface area contributed by atoms with E-state index in [1.807, 2.05) is 0 Å². The van der Waals surface area contributed by atoms with Crippen LogP contribution in [0.4, 0.5) is 0 Å². The molecule has 92 valence electrons. The van der Waals surface area contributed by atoms with Gasteiger partial charge in [0.1, 0.15) is 6.10 Å². The maximum absolute atomic E-state index is 11.4. The summed E-state index contributed by atoms with van der Waals surface area (Å²) < 4.78 is 4.32. The van der Waals surface area contributed by atoms with Crippen molar-refractivity contribution in [3.63, 3.8) is 0 Å². The van der Waals surface area contributed by atoms with E-state index in [9.17, 15) is 9.59 Å². The number of aliphatic hydroxyl groups is 3. The van der Waals surface area contributed by atoms with E-state index < -0.39 is 30.8 Å². The first-order chi connectivity index (χ1) is 8.06. The van der Waals surface area contributed by atoms with Gasteiger partial charge in [0.15, 0.2) is 6.10 Å². The summed E-state index contributed by atoms with van der Waals surface area (Å²) >= 11 is 0. The Morgan fingerprint density at radius 2 is 1.76 bits per heavy atom. The van der Waals surface area contributed by atoms with E-state index in [2.05, 4.69) is 4.74 Å². The first-order valence-corrected chi connectivity index (χ1v) is 4.84. The summed E-state index contributed by atoms with van der Waals surface area (Å²) in [6, 6.07) is 7.72. The largest absolute Gasteiger partial charge is 0.394 e. The van der Waals surface area contributed by atoms with Crippen LogP contribution in [-0.2, 0) is 9.53 Å². The number of benzene rings is 1. The number of hydrogen-bond acceptors (Lipinski definition) is 6. The second kappa shape index (κ2) is 6.09. The second-order valence-electron chi connectivity index (χ2n) is 3.27. The van der Waals surface area contributed by atoms with Crippen LogP contribution in [0.5, 0.6) is 0 Å². The molecule has 1 aromatic rings. The SMILES string of the molecule is O=C(OC(=O)[C@H](O)[C@@H](O)CO)c1ccccc1. The number of carbonyl (C=O) groups excluding carboxylic acids is 2. The van der Waals surface area contributed by atoms with Crippen molar-refractivity contribution >= 4 is 11.9 Å². The van der Waals surface area contributed by atoms with Crippen LogP contribution in [0.15, 0.2) is 30.3 Å². The number of aliphatic hydroxyl groups excluding tert-OH is 3. The average molecular weight is 240 g/mol. The van der Waals surface area contributed by atoms with Gasteiger partial charge < -0.3 is 20.1 Å². The lowest BCUT2D eigenvalue weighted by Crippen LogP contribution is -2.38. The first-order valence-electron chi connectivity index (χ1n) is 4.84. The molecular weight excluding hydrogens is 228 g/mol. The molecule has 0 amide bonds. The van der Waals surface area contributed by atoms with E-state index in [1.165, 1.54) is 12.1 Å². The summed E-state index contributed by atoms with van der Waals surface area (Å²) in [7, 11) is 0. The van der Waals surface area contributed by atoms with E-state index >= 15 is 0 Å². The number of rotatable bonds is 4. The van der Waals surface area contributed by atoms with Gasteiger partial charge in [-0.2, -0.15) is 0 Å². The number of ether oxygens (including phenoxy) is 1. The van der Waals surface area contributed by atoms with E-state index in [1.54, 1.807) is 18.2 Å². The minimum absolute atomic E-state index is 0.145. The molecule has 0 heterocycles. The van der Waals surface area contributed by atoms with Gasteiger partial charge in [-0.1, -0.05) is 18.2 Å². The van der Waals surface area contributed by atoms with Crippen LogP contribution >= 0.6 is 0 Å². The van der Waals surface area contributed by atoms with Crippen LogP contribution in [0.25, 0.3) is 0 Å². The van der Waals surface area contributed by atoms with Gasteiger partial charge in [-0.05, 0) is 12.1 Å². The fourth-order valence-corrected chi connectivity index (χ4v) is 1.04. The molecule has 0 aliphatic rings. The molecule has 2 atom stereocenters. The Labute approximate surface area is 97.1 Å². The number of esters is 2. The zero-order valence-electron chi connectivity index (χ0n) is 8.81. The third-order valence-electron chi connectivity index (χ3n) is 2.00. The second-order valence-corrected chi connectivity index (χ2v) is 3.27. The molecule has 0 bridgehead atoms. The van der Waals surface area contributed by atoms with Gasteiger partial charge in [0.25, 0.3) is 0 Å². The van der Waals surface area contributed by atoms with E-state index in [-0.39, 0.29) is 5.56 Å². The monoisotopic (exact) mass is 240 g/mol. The Balaban J connectivity index is 2.61. The molecule has 17 heavy (non-hydrogen) atoms. The molecule has 0 saturated heterocycles. The van der Waals surface area contributed by atoms with Crippen molar-refractivity contribution in [1.29, 1.82) is 0 Å². The maximum Gasteiger partial charge on any atom is 0.345 e. The fourth-order valence-electron chi connectivity index (χ4n) is 1.04. The van der Waals surface area contributed by atoms with Crippen LogP contribution in [0.1, 0.15) is 10.4 Å². The zero-order chi connectivity index (χ0) is 12.8. The van der Waals surface area contributed by atoms with Gasteiger partial charge in [0.05, 0.1) is 12.2 Å². The van der Waals surface area contributed by atoms with Crippen LogP contribution in [0, 0.1) is 0 Å². The van der Waals surface area contributed by atoms with E-state index in [0.717, 1.165) is 0 Å². The van der Waals surface area contributed by atoms with Crippen molar-refractivity contribution in [3.8, 4) is 0 Å². The smallest absolute Gasteiger partial charge is 0.345 e. The van der Waals surface area contributed by atoms with Crippen molar-refractivity contribution in [2.24, 2.45) is 0 Å². The van der Waals surface area contributed by atoms with Crippen LogP contribution in [0.2, 0.25) is 0 Å². The summed E-state index contributed by atoms with van der Waals surface area (Å²) in [6.45, 7) is -0.810. The molecule has 0 unspecified atom stereocenters. The van der Waals surface area contributed by atoms with Gasteiger partial charge in [-0.3, -0.25) is 0 Å². The van der Waals surface area contributed by atoms with Gasteiger partial charge in [-0.15, -0.1) is 0 Å². The van der Waals surface area contributed by atoms with Crippen molar-refractivity contribution in [2.45, 2.75) is 12.2 Å². The summed E-state index contributed by atoms with van der Waals surface area (Å²) in [5.74, 6) is -2.24. The molecule has 6 nitrogen and oxygen atoms in total. The van der Waals surface area contributed by atoms with Gasteiger partial charge in [0, 0.05) is 0 Å². The molecule has 0 aliphatic heterocycles. The molecule has 1 rings (SSSR count). The Morgan fingerprint density at radius 1 is 1.18 bits per heavy atom. The van der Waals surface area contributed by atoms with Crippen LogP contribution in [-0.4, -0.2) is 46.1 Å². The van der Waals surface area contributed by atoms with Crippen molar-refractivity contribution in [3.05, 3.63) is 35.9 Å². The summed E-state index contributed by atoms with van der Waals surface area (Å²) in [6.07, 6.45) is -3.63. The number of hydrogen-bond donors (Lipinski definition) is 3. The molecule has 3 N–H and O–H groups in total. The van der Waals surface area contributed by atoms with Gasteiger partial charge >= 0.3 is 11.9 Å². The third-order valence-corrected chi connectivity index (χ3v) is 2.00. The van der Waals surface area contributed by atoms with Gasteiger partial charge in [-0.25, -0.2) is 9.59 Å². The lowest BCUT2D eigenvalue weighted by molar-refractivity contribution is -0.155. The molecule has 0 aliphatic carbocycles. The quantitative estimate of drug-likeness (QED) is 0.464. The maximum atomic E-state index is 11.4. The highest BCUT2D eigenvalue weighted by molar-refractivity contribution is 5.97. The topological polar surface area (TPSA) is 104 Å². The highest BCUT2D eigenvalue weighted by Crippen LogP contribution is 2.04. The van der Waals surface area contributed by atoms with Gasteiger partial charge in [0.2, 0.25) is 0 Å². The van der Waals surface area contributed by atoms with E-state index in [4.69, 9.17) is 15.3 Å². The molecule has 0 saturated carbocycles. The highest BCUT2D eigenvalue weighted by Gasteiger charge is 2.27. The minimum Gasteiger partial charge on any atom is -0.394 e. The average Bonchev–Trinajstić information content (AvgIpc) is 2.37. The molecule has 6 heteroatoms. The molecule has 0 fully saturated rings. The first kappa shape index (κ1) is 13.3. The predicted octanol–water partition coefficient (Wildman–Crippen LogP) is -0.916. The lowest BCUT2D eigenvalue weighted by Gasteiger charge is -2.13. The summed E-state index contributed by atoms with van der Waals surface area (Å²) in [5.41, 5.74) is 0.145. The summed E-state index contributed by atoms with van der Waals surface area (Å²) in [4.78, 5) is 22.5. The van der Waals surface area contributed by atoms with Crippen molar-refractivity contribution < 1.29 is 29.6 Å². The standard InChI is InChI=1S/C11H12O6/c12-6-8(13)9(14)11(16)17-10(15)7-4-2-1-3-5-7/h1-5,8-9,12-14H,6H2/t8-,9+/m0/s1. The normalized spacial score (nSPS) is 13.8. The Bertz CT molecular complexity index is 388. The van der Waals surface area contributed by atoms with E-state index in [0.29, 0.717) is 0 Å². The Morgan fingerprint density at radius 3 is 2.29 bits per heavy atom. The van der Waals surface area contributed by atoms with Crippen LogP contribution < -0.4 is 0 Å². The lowest BCUT2D eigenvalue weighted by atomic mass is 10.2. The number of carbonyl (C=O) groups is 2. The molecule has 0 spiro atoms. The molecule has 0 aromatic heterocycles. The Kier molecular flexibility index (Phi) is 4.77. The Hall–Kier alpha value is -1.76. The van der Waals surface area contributed by atoms with Crippen molar-refractivity contribution in [1.82, 2.24) is 0 Å². The summed E-state index contributed by atoms with van der Waals surface area (Å²) in [5, 5.41) is 26.6. The molecular formula is C11H12O6. The minimum atomic E-state index is -1.95. The third kappa shape index (κ3) is 3.63. The fraction of sp³-hybridized carbons (Fsp3) is 0.273. The van der Waals surface area contributed by atoms with Crippen LogP contribution in [0.3, 0.4) is 0 Å². The predicted molar refractivity (Wildman–Crippen MR) is 56.0 cm³/mol. The zero-order valence-corrected chi connectivity index (χ0v) is 8.81. The highest BCUT2D eigenvalue weighted by atomic mass is 16.6.